The van der Waals surface area contributed by atoms with E-state index >= 15 is 0 Å². The van der Waals surface area contributed by atoms with Crippen LogP contribution < -0.4 is 14.8 Å². The van der Waals surface area contributed by atoms with E-state index in [0.717, 1.165) is 36.9 Å². The van der Waals surface area contributed by atoms with Crippen LogP contribution in [0.1, 0.15) is 65.6 Å². The van der Waals surface area contributed by atoms with Crippen molar-refractivity contribution in [2.75, 3.05) is 25.5 Å². The Morgan fingerprint density at radius 1 is 0.889 bits per heavy atom. The number of aromatic nitrogens is 1. The normalized spacial score (nSPS) is 16.5. The molecule has 0 fully saturated rings. The van der Waals surface area contributed by atoms with Gasteiger partial charge in [-0.1, -0.05) is 55.2 Å². The van der Waals surface area contributed by atoms with Crippen LogP contribution in [0.3, 0.4) is 0 Å². The summed E-state index contributed by atoms with van der Waals surface area (Å²) in [5.41, 5.74) is 5.53. The second kappa shape index (κ2) is 15.0. The first kappa shape index (κ1) is 35.6. The number of anilines is 1. The molecule has 244 valence electrons. The number of amides is 1. The van der Waals surface area contributed by atoms with E-state index in [0.29, 0.717) is 12.5 Å². The van der Waals surface area contributed by atoms with E-state index in [1.807, 2.05) is 26.2 Å². The van der Waals surface area contributed by atoms with Gasteiger partial charge in [0, 0.05) is 62.8 Å². The fourth-order valence-corrected chi connectivity index (χ4v) is 4.67. The first-order valence-electron chi connectivity index (χ1n) is 14.9. The third-order valence-electron chi connectivity index (χ3n) is 7.03. The van der Waals surface area contributed by atoms with E-state index in [1.54, 1.807) is 0 Å². The van der Waals surface area contributed by atoms with Gasteiger partial charge >= 0.3 is 33.0 Å². The van der Waals surface area contributed by atoms with E-state index in [-0.39, 0.29) is 5.91 Å². The molecule has 11 heteroatoms. The standard InChI is InChI=1S/C34H39N3O.F6P/c1-36(2)33-19-15-28(16-20-33)11-12-29-21-25-37(26-22-29)24-8-23-35-34(38)32-17-13-31(14-18-32)27-30-9-6-4-3-5-7-10-30;1-7(2,3,4,5)6/h11-22,25-26,30H,3-6,8-9,23-24,27H2,1-2H3;/q;-1/p+1. The summed E-state index contributed by atoms with van der Waals surface area (Å²) in [6.07, 6.45) is 16.3. The maximum absolute atomic E-state index is 12.6. The van der Waals surface area contributed by atoms with E-state index in [1.165, 1.54) is 42.5 Å². The summed E-state index contributed by atoms with van der Waals surface area (Å²) in [7, 11) is -6.56. The van der Waals surface area contributed by atoms with Gasteiger partial charge in [0.15, 0.2) is 12.4 Å². The number of aryl methyl sites for hydroxylation is 1. The molecule has 1 heterocycles. The van der Waals surface area contributed by atoms with Crippen molar-refractivity contribution in [2.45, 2.75) is 51.5 Å². The van der Waals surface area contributed by atoms with Crippen molar-refractivity contribution < 1.29 is 34.5 Å². The number of hydrogen-bond acceptors (Lipinski definition) is 2. The Labute approximate surface area is 261 Å². The van der Waals surface area contributed by atoms with Crippen molar-refractivity contribution in [3.63, 3.8) is 0 Å². The predicted molar refractivity (Wildman–Crippen MR) is 171 cm³/mol. The first-order valence-corrected chi connectivity index (χ1v) is 16.9. The molecule has 0 saturated carbocycles. The van der Waals surface area contributed by atoms with Crippen LogP contribution in [0.15, 0.2) is 73.1 Å². The summed E-state index contributed by atoms with van der Waals surface area (Å²) in [6.45, 7) is 1.51. The van der Waals surface area contributed by atoms with Crippen molar-refractivity contribution in [2.24, 2.45) is 5.92 Å². The van der Waals surface area contributed by atoms with Gasteiger partial charge in [0.1, 0.15) is 6.54 Å². The van der Waals surface area contributed by atoms with E-state index in [2.05, 4.69) is 99.7 Å². The molecule has 1 unspecified atom stereocenters. The van der Waals surface area contributed by atoms with Crippen LogP contribution in [0.4, 0.5) is 30.9 Å². The average molecular weight is 652 g/mol. The molecule has 0 saturated heterocycles. The number of nitrogens with one attached hydrogen (secondary N) is 1. The predicted octanol–water partition coefficient (Wildman–Crippen LogP) is 9.54. The summed E-state index contributed by atoms with van der Waals surface area (Å²) >= 11 is 0. The van der Waals surface area contributed by atoms with Crippen molar-refractivity contribution in [1.29, 1.82) is 0 Å². The van der Waals surface area contributed by atoms with Gasteiger partial charge in [-0.05, 0) is 60.2 Å². The van der Waals surface area contributed by atoms with Gasteiger partial charge < -0.3 is 10.2 Å². The Morgan fingerprint density at radius 3 is 2.09 bits per heavy atom. The number of carbonyl (C=O) groups excluding carboxylic acids is 1. The summed E-state index contributed by atoms with van der Waals surface area (Å²) in [5.74, 6) is 7.20. The molecule has 1 aliphatic carbocycles. The molecule has 0 spiro atoms. The Bertz CT molecular complexity index is 1470. The van der Waals surface area contributed by atoms with Crippen LogP contribution in [0.2, 0.25) is 0 Å². The molecule has 45 heavy (non-hydrogen) atoms. The molecule has 3 aromatic rings. The summed E-state index contributed by atoms with van der Waals surface area (Å²) in [6, 6.07) is 20.8. The molecule has 4 rings (SSSR count). The molecule has 2 aromatic carbocycles. The third-order valence-corrected chi connectivity index (χ3v) is 7.03. The van der Waals surface area contributed by atoms with Gasteiger partial charge in [-0.25, -0.2) is 4.57 Å². The zero-order valence-electron chi connectivity index (χ0n) is 25.5. The van der Waals surface area contributed by atoms with Crippen LogP contribution in [-0.4, -0.2) is 26.5 Å². The number of carbonyl (C=O) groups is 1. The zero-order valence-corrected chi connectivity index (χ0v) is 26.4. The number of hydrogen-bond donors (Lipinski definition) is 1. The number of pyridine rings is 1. The molecule has 1 atom stereocenters. The SMILES string of the molecule is CN(C)c1ccc(/C=C/c2cc[n+](CCCNC(=O)c3ccc(CC4C#CCCCCC4)cc3)cc2)cc1.F[P-](F)(F)(F)(F)F. The molecule has 1 aromatic heterocycles. The van der Waals surface area contributed by atoms with Crippen molar-refractivity contribution in [3.05, 3.63) is 95.3 Å². The first-order chi connectivity index (χ1) is 21.0. The molecule has 0 radical (unpaired) electrons. The van der Waals surface area contributed by atoms with Crippen LogP contribution in [-0.2, 0) is 13.0 Å². The van der Waals surface area contributed by atoms with Gasteiger partial charge in [-0.15, -0.1) is 5.92 Å². The van der Waals surface area contributed by atoms with Gasteiger partial charge in [0.2, 0.25) is 0 Å². The van der Waals surface area contributed by atoms with Crippen molar-refractivity contribution in [3.8, 4) is 11.8 Å². The molecular formula is C34H40F6N3OP. The Kier molecular flexibility index (Phi) is 11.9. The van der Waals surface area contributed by atoms with Gasteiger partial charge in [-0.2, -0.15) is 0 Å². The van der Waals surface area contributed by atoms with Crippen LogP contribution in [0.25, 0.3) is 12.2 Å². The Balaban J connectivity index is 0.000000707. The quantitative estimate of drug-likeness (QED) is 0.0780. The second-order valence-corrected chi connectivity index (χ2v) is 13.2. The molecule has 0 bridgehead atoms. The topological polar surface area (TPSA) is 36.2 Å². The molecule has 4 nitrogen and oxygen atoms in total. The monoisotopic (exact) mass is 651 g/mol. The molecule has 1 aliphatic rings. The third kappa shape index (κ3) is 16.2. The second-order valence-electron chi connectivity index (χ2n) is 11.3. The van der Waals surface area contributed by atoms with Crippen LogP contribution >= 0.6 is 7.81 Å². The van der Waals surface area contributed by atoms with Crippen molar-refractivity contribution in [1.82, 2.24) is 5.32 Å². The summed E-state index contributed by atoms with van der Waals surface area (Å²) < 4.78 is 61.3. The minimum absolute atomic E-state index is 0.00797. The van der Waals surface area contributed by atoms with Crippen molar-refractivity contribution >= 4 is 31.6 Å². The fourth-order valence-electron chi connectivity index (χ4n) is 4.67. The number of nitrogens with zero attached hydrogens (tertiary/aromatic N) is 2. The zero-order chi connectivity index (χ0) is 33.0. The molecular weight excluding hydrogens is 611 g/mol. The van der Waals surface area contributed by atoms with Gasteiger partial charge in [0.25, 0.3) is 5.91 Å². The van der Waals surface area contributed by atoms with E-state index < -0.39 is 7.81 Å². The molecule has 1 amide bonds. The fraction of sp³-hybridized carbons (Fsp3) is 0.353. The number of benzene rings is 2. The molecule has 0 aliphatic heterocycles. The van der Waals surface area contributed by atoms with E-state index in [9.17, 15) is 30.0 Å². The minimum atomic E-state index is -10.7. The summed E-state index contributed by atoms with van der Waals surface area (Å²) in [5, 5.41) is 3.06. The van der Waals surface area contributed by atoms with Crippen LogP contribution in [0, 0.1) is 17.8 Å². The average Bonchev–Trinajstić information content (AvgIpc) is 2.95. The summed E-state index contributed by atoms with van der Waals surface area (Å²) in [4.78, 5) is 14.7. The van der Waals surface area contributed by atoms with Gasteiger partial charge in [-0.3, -0.25) is 4.79 Å². The van der Waals surface area contributed by atoms with Crippen LogP contribution in [0.5, 0.6) is 0 Å². The Hall–Kier alpha value is -3.83. The molecule has 1 N–H and O–H groups in total. The maximum atomic E-state index is 12.6. The van der Waals surface area contributed by atoms with Gasteiger partial charge in [0.05, 0.1) is 0 Å². The number of halogens is 6. The Morgan fingerprint density at radius 2 is 1.49 bits per heavy atom. The van der Waals surface area contributed by atoms with E-state index in [4.69, 9.17) is 0 Å². The number of rotatable bonds is 10.